The van der Waals surface area contributed by atoms with E-state index in [4.69, 9.17) is 4.74 Å². The molecule has 0 aliphatic carbocycles. The summed E-state index contributed by atoms with van der Waals surface area (Å²) in [6.07, 6.45) is 0. The number of halogens is 2. The lowest BCUT2D eigenvalue weighted by molar-refractivity contribution is -0.384. The molecule has 1 aliphatic rings. The number of rotatable bonds is 8. The van der Waals surface area contributed by atoms with E-state index in [1.165, 1.54) is 40.7 Å². The molecule has 0 amide bonds. The fraction of sp³-hybridized carbons (Fsp3) is 0.316. The van der Waals surface area contributed by atoms with E-state index in [0.29, 0.717) is 11.3 Å². The number of hydrogen-bond acceptors (Lipinski definition) is 8. The Bertz CT molecular complexity index is 1100. The van der Waals surface area contributed by atoms with Crippen molar-refractivity contribution >= 4 is 27.1 Å². The van der Waals surface area contributed by atoms with Crippen LogP contribution in [-0.2, 0) is 14.8 Å². The largest absolute Gasteiger partial charge is 0.435 e. The molecule has 0 atom stereocenters. The number of alkyl halides is 2. The molecule has 2 aromatic carbocycles. The minimum atomic E-state index is -3.90. The smallest absolute Gasteiger partial charge is 0.387 e. The number of hydrogen-bond donors (Lipinski definition) is 1. The second-order valence-electron chi connectivity index (χ2n) is 6.66. The highest BCUT2D eigenvalue weighted by atomic mass is 32.2. The van der Waals surface area contributed by atoms with Gasteiger partial charge in [-0.3, -0.25) is 15.5 Å². The first-order valence-corrected chi connectivity index (χ1v) is 10.8. The van der Waals surface area contributed by atoms with Crippen LogP contribution in [0.2, 0.25) is 0 Å². The summed E-state index contributed by atoms with van der Waals surface area (Å²) < 4.78 is 60.6. The van der Waals surface area contributed by atoms with Gasteiger partial charge < -0.3 is 9.47 Å². The van der Waals surface area contributed by atoms with E-state index in [-0.39, 0.29) is 42.6 Å². The predicted molar refractivity (Wildman–Crippen MR) is 112 cm³/mol. The summed E-state index contributed by atoms with van der Waals surface area (Å²) in [5.74, 6) is -0.0165. The minimum Gasteiger partial charge on any atom is -0.435 e. The predicted octanol–water partition coefficient (Wildman–Crippen LogP) is 3.05. The molecule has 0 radical (unpaired) electrons. The average Bonchev–Trinajstić information content (AvgIpc) is 2.78. The molecule has 10 nitrogen and oxygen atoms in total. The number of benzene rings is 2. The molecule has 0 spiro atoms. The number of nitro groups is 1. The number of anilines is 1. The minimum absolute atomic E-state index is 0.00655. The van der Waals surface area contributed by atoms with Gasteiger partial charge >= 0.3 is 6.61 Å². The lowest BCUT2D eigenvalue weighted by atomic mass is 10.1. The van der Waals surface area contributed by atoms with Crippen LogP contribution in [0, 0.1) is 10.1 Å². The van der Waals surface area contributed by atoms with E-state index in [2.05, 4.69) is 15.3 Å². The van der Waals surface area contributed by atoms with E-state index >= 15 is 0 Å². The van der Waals surface area contributed by atoms with Gasteiger partial charge in [0, 0.05) is 19.2 Å². The van der Waals surface area contributed by atoms with Crippen molar-refractivity contribution in [3.63, 3.8) is 0 Å². The Morgan fingerprint density at radius 3 is 2.47 bits per heavy atom. The van der Waals surface area contributed by atoms with Gasteiger partial charge in [0.25, 0.3) is 5.69 Å². The summed E-state index contributed by atoms with van der Waals surface area (Å²) in [4.78, 5) is 10.6. The van der Waals surface area contributed by atoms with Crippen molar-refractivity contribution < 1.29 is 31.6 Å². The van der Waals surface area contributed by atoms with Crippen LogP contribution in [0.3, 0.4) is 0 Å². The molecule has 0 bridgehead atoms. The van der Waals surface area contributed by atoms with Gasteiger partial charge in [0.05, 0.1) is 28.7 Å². The zero-order chi connectivity index (χ0) is 23.3. The van der Waals surface area contributed by atoms with E-state index < -0.39 is 27.2 Å². The summed E-state index contributed by atoms with van der Waals surface area (Å²) >= 11 is 0. The molecule has 1 fully saturated rings. The molecule has 1 N–H and O–H groups in total. The Morgan fingerprint density at radius 2 is 1.88 bits per heavy atom. The first-order chi connectivity index (χ1) is 15.2. The molecule has 172 valence electrons. The van der Waals surface area contributed by atoms with Gasteiger partial charge in [0.2, 0.25) is 10.0 Å². The SMILES string of the molecule is C/C(=N/Nc1ccc(S(=O)(=O)N2CCOCC2)cc1[N+](=O)[O-])c1ccc(OC(F)F)cc1. The molecule has 0 saturated carbocycles. The third-order valence-corrected chi connectivity index (χ3v) is 6.51. The summed E-state index contributed by atoms with van der Waals surface area (Å²) in [5.41, 5.74) is 3.07. The maximum atomic E-state index is 12.8. The fourth-order valence-electron chi connectivity index (χ4n) is 2.94. The molecule has 1 saturated heterocycles. The zero-order valence-electron chi connectivity index (χ0n) is 16.9. The highest BCUT2D eigenvalue weighted by Crippen LogP contribution is 2.29. The van der Waals surface area contributed by atoms with Crippen LogP contribution in [-0.4, -0.2) is 56.3 Å². The van der Waals surface area contributed by atoms with Crippen LogP contribution in [0.25, 0.3) is 0 Å². The molecule has 0 unspecified atom stereocenters. The maximum Gasteiger partial charge on any atom is 0.387 e. The summed E-state index contributed by atoms with van der Waals surface area (Å²) in [6, 6.07) is 9.20. The number of morpholine rings is 1. The number of hydrazone groups is 1. The van der Waals surface area contributed by atoms with Crippen LogP contribution >= 0.6 is 0 Å². The zero-order valence-corrected chi connectivity index (χ0v) is 17.7. The Labute approximate surface area is 182 Å². The van der Waals surface area contributed by atoms with Crippen molar-refractivity contribution in [2.75, 3.05) is 31.7 Å². The Balaban J connectivity index is 1.81. The Kier molecular flexibility index (Phi) is 7.33. The second kappa shape index (κ2) is 9.97. The van der Waals surface area contributed by atoms with Crippen LogP contribution < -0.4 is 10.2 Å². The van der Waals surface area contributed by atoms with Gasteiger partial charge in [-0.25, -0.2) is 8.42 Å². The number of sulfonamides is 1. The van der Waals surface area contributed by atoms with E-state index in [9.17, 15) is 27.3 Å². The topological polar surface area (TPSA) is 123 Å². The third kappa shape index (κ3) is 5.55. The lowest BCUT2D eigenvalue weighted by Crippen LogP contribution is -2.40. The van der Waals surface area contributed by atoms with Crippen molar-refractivity contribution in [3.8, 4) is 5.75 Å². The molecule has 3 rings (SSSR count). The Hall–Kier alpha value is -3.16. The molecule has 1 heterocycles. The van der Waals surface area contributed by atoms with E-state index in [0.717, 1.165) is 6.07 Å². The quantitative estimate of drug-likeness (QED) is 0.357. The van der Waals surface area contributed by atoms with Crippen LogP contribution in [0.1, 0.15) is 12.5 Å². The van der Waals surface area contributed by atoms with Gasteiger partial charge in [0.1, 0.15) is 11.4 Å². The molecule has 2 aromatic rings. The van der Waals surface area contributed by atoms with Gasteiger partial charge in [-0.2, -0.15) is 18.2 Å². The number of nitro benzene ring substituents is 1. The highest BCUT2D eigenvalue weighted by Gasteiger charge is 2.28. The average molecular weight is 470 g/mol. The molecular formula is C19H20F2N4O6S. The van der Waals surface area contributed by atoms with Crippen molar-refractivity contribution in [2.24, 2.45) is 5.10 Å². The maximum absolute atomic E-state index is 12.8. The van der Waals surface area contributed by atoms with Crippen molar-refractivity contribution in [3.05, 3.63) is 58.1 Å². The fourth-order valence-corrected chi connectivity index (χ4v) is 4.37. The summed E-state index contributed by atoms with van der Waals surface area (Å²) in [6.45, 7) is -0.484. The van der Waals surface area contributed by atoms with Gasteiger partial charge in [-0.05, 0) is 48.9 Å². The lowest BCUT2D eigenvalue weighted by Gasteiger charge is -2.26. The van der Waals surface area contributed by atoms with E-state index in [1.807, 2.05) is 0 Å². The summed E-state index contributed by atoms with van der Waals surface area (Å²) in [7, 11) is -3.90. The summed E-state index contributed by atoms with van der Waals surface area (Å²) in [5, 5.41) is 15.6. The molecule has 13 heteroatoms. The van der Waals surface area contributed by atoms with Gasteiger partial charge in [-0.1, -0.05) is 0 Å². The standard InChI is InChI=1S/C19H20F2N4O6S/c1-13(14-2-4-15(5-3-14)31-19(20)21)22-23-17-7-6-16(12-18(17)25(26)27)32(28,29)24-8-10-30-11-9-24/h2-7,12,19,23H,8-11H2,1H3/b22-13-. The van der Waals surface area contributed by atoms with Crippen LogP contribution in [0.15, 0.2) is 52.5 Å². The van der Waals surface area contributed by atoms with Crippen LogP contribution in [0.4, 0.5) is 20.2 Å². The van der Waals surface area contributed by atoms with Crippen molar-refractivity contribution in [2.45, 2.75) is 18.4 Å². The number of nitrogens with zero attached hydrogens (tertiary/aromatic N) is 3. The van der Waals surface area contributed by atoms with Crippen molar-refractivity contribution in [1.29, 1.82) is 0 Å². The second-order valence-corrected chi connectivity index (χ2v) is 8.60. The first kappa shape index (κ1) is 23.5. The molecular weight excluding hydrogens is 450 g/mol. The number of ether oxygens (including phenoxy) is 2. The molecule has 32 heavy (non-hydrogen) atoms. The highest BCUT2D eigenvalue weighted by molar-refractivity contribution is 7.89. The molecule has 1 aliphatic heterocycles. The monoisotopic (exact) mass is 470 g/mol. The van der Waals surface area contributed by atoms with E-state index in [1.54, 1.807) is 6.92 Å². The van der Waals surface area contributed by atoms with Crippen molar-refractivity contribution in [1.82, 2.24) is 4.31 Å². The molecule has 0 aromatic heterocycles. The Morgan fingerprint density at radius 1 is 1.22 bits per heavy atom. The normalized spacial score (nSPS) is 15.6. The third-order valence-electron chi connectivity index (χ3n) is 4.62. The van der Waals surface area contributed by atoms with Crippen LogP contribution in [0.5, 0.6) is 5.75 Å². The van der Waals surface area contributed by atoms with Gasteiger partial charge in [0.15, 0.2) is 0 Å². The van der Waals surface area contributed by atoms with Gasteiger partial charge in [-0.15, -0.1) is 0 Å². The first-order valence-electron chi connectivity index (χ1n) is 9.40. The number of nitrogens with one attached hydrogen (secondary N) is 1.